The van der Waals surface area contributed by atoms with Gasteiger partial charge in [-0.05, 0) is 54.4 Å². The minimum atomic E-state index is -0.337. The summed E-state index contributed by atoms with van der Waals surface area (Å²) >= 11 is 1.02. The summed E-state index contributed by atoms with van der Waals surface area (Å²) in [6, 6.07) is 17.7. The van der Waals surface area contributed by atoms with Gasteiger partial charge in [-0.2, -0.15) is 5.26 Å². The van der Waals surface area contributed by atoms with Gasteiger partial charge in [-0.15, -0.1) is 5.10 Å². The van der Waals surface area contributed by atoms with Gasteiger partial charge in [0.05, 0.1) is 35.9 Å². The van der Waals surface area contributed by atoms with Gasteiger partial charge in [0.1, 0.15) is 16.8 Å². The average Bonchev–Trinajstić information content (AvgIpc) is 3.36. The molecule has 1 amide bonds. The number of morpholine rings is 1. The number of benzene rings is 2. The van der Waals surface area contributed by atoms with Crippen LogP contribution in [-0.2, 0) is 11.2 Å². The van der Waals surface area contributed by atoms with Crippen molar-refractivity contribution in [3.8, 4) is 17.3 Å². The predicted molar refractivity (Wildman–Crippen MR) is 137 cm³/mol. The number of aryl methyl sites for hydroxylation is 1. The summed E-state index contributed by atoms with van der Waals surface area (Å²) in [7, 11) is 0. The number of carbonyl (C=O) groups excluding carboxylic acids is 1. The summed E-state index contributed by atoms with van der Waals surface area (Å²) in [6.45, 7) is 5.04. The van der Waals surface area contributed by atoms with Gasteiger partial charge < -0.3 is 15.0 Å². The topological polar surface area (TPSA) is 117 Å². The second-order valence-electron chi connectivity index (χ2n) is 8.31. The molecule has 2 aromatic carbocycles. The summed E-state index contributed by atoms with van der Waals surface area (Å²) in [5, 5.41) is 16.3. The van der Waals surface area contributed by atoms with Crippen LogP contribution < -0.4 is 10.2 Å². The first-order valence-electron chi connectivity index (χ1n) is 11.5. The monoisotopic (exact) mass is 497 g/mol. The molecular formula is C26H23N7O2S. The third-order valence-electron chi connectivity index (χ3n) is 5.92. The van der Waals surface area contributed by atoms with E-state index < -0.39 is 0 Å². The van der Waals surface area contributed by atoms with Crippen LogP contribution in [0.3, 0.4) is 0 Å². The number of rotatable bonds is 6. The summed E-state index contributed by atoms with van der Waals surface area (Å²) in [5.41, 5.74) is 5.11. The molecular weight excluding hydrogens is 474 g/mol. The molecule has 0 atom stereocenters. The van der Waals surface area contributed by atoms with E-state index in [0.29, 0.717) is 39.8 Å². The fourth-order valence-electron chi connectivity index (χ4n) is 4.00. The Labute approximate surface area is 212 Å². The van der Waals surface area contributed by atoms with Gasteiger partial charge in [0.25, 0.3) is 5.91 Å². The molecule has 0 unspecified atom stereocenters. The van der Waals surface area contributed by atoms with Crippen molar-refractivity contribution < 1.29 is 9.53 Å². The smallest absolute Gasteiger partial charge is 0.269 e. The normalized spacial score (nSPS) is 13.3. The molecule has 1 aliphatic heterocycles. The number of carbonyl (C=O) groups is 1. The Morgan fingerprint density at radius 3 is 2.69 bits per heavy atom. The molecule has 36 heavy (non-hydrogen) atoms. The van der Waals surface area contributed by atoms with Gasteiger partial charge in [0.15, 0.2) is 0 Å². The fourth-order valence-corrected chi connectivity index (χ4v) is 4.55. The Kier molecular flexibility index (Phi) is 6.93. The number of ether oxygens (including phenoxy) is 1. The molecule has 4 aromatic rings. The van der Waals surface area contributed by atoms with Gasteiger partial charge in [0, 0.05) is 37.0 Å². The first-order chi connectivity index (χ1) is 17.6. The number of hydrogen-bond donors (Lipinski definition) is 1. The zero-order valence-corrected chi connectivity index (χ0v) is 20.5. The molecule has 1 N–H and O–H groups in total. The minimum Gasteiger partial charge on any atom is -0.378 e. The second kappa shape index (κ2) is 10.6. The van der Waals surface area contributed by atoms with Crippen LogP contribution in [0.2, 0.25) is 0 Å². The Morgan fingerprint density at radius 1 is 1.17 bits per heavy atom. The summed E-state index contributed by atoms with van der Waals surface area (Å²) < 4.78 is 9.22. The van der Waals surface area contributed by atoms with Crippen molar-refractivity contribution in [1.29, 1.82) is 5.26 Å². The maximum absolute atomic E-state index is 12.5. The quantitative estimate of drug-likeness (QED) is 0.427. The van der Waals surface area contributed by atoms with Crippen molar-refractivity contribution in [2.45, 2.75) is 13.3 Å². The number of nitriles is 1. The predicted octanol–water partition coefficient (Wildman–Crippen LogP) is 3.85. The summed E-state index contributed by atoms with van der Waals surface area (Å²) in [6.07, 6.45) is 2.32. The van der Waals surface area contributed by atoms with E-state index in [4.69, 9.17) is 9.72 Å². The van der Waals surface area contributed by atoms with E-state index in [-0.39, 0.29) is 5.91 Å². The molecule has 10 heteroatoms. The molecule has 2 aromatic heterocycles. The van der Waals surface area contributed by atoms with Crippen molar-refractivity contribution >= 4 is 28.8 Å². The van der Waals surface area contributed by atoms with E-state index in [9.17, 15) is 10.1 Å². The van der Waals surface area contributed by atoms with Crippen LogP contribution in [0, 0.1) is 18.3 Å². The average molecular weight is 498 g/mol. The molecule has 3 heterocycles. The molecule has 0 spiro atoms. The molecule has 9 nitrogen and oxygen atoms in total. The first kappa shape index (κ1) is 23.5. The zero-order valence-electron chi connectivity index (χ0n) is 19.6. The molecule has 1 fully saturated rings. The van der Waals surface area contributed by atoms with Crippen LogP contribution in [0.25, 0.3) is 11.3 Å². The van der Waals surface area contributed by atoms with E-state index in [2.05, 4.69) is 55.1 Å². The third-order valence-corrected chi connectivity index (χ3v) is 6.75. The molecule has 5 rings (SSSR count). The van der Waals surface area contributed by atoms with Gasteiger partial charge >= 0.3 is 0 Å². The van der Waals surface area contributed by atoms with Crippen molar-refractivity contribution in [2.24, 2.45) is 0 Å². The number of nitrogens with zero attached hydrogens (tertiary/aromatic N) is 6. The van der Waals surface area contributed by atoms with Crippen LogP contribution in [-0.4, -0.2) is 51.8 Å². The van der Waals surface area contributed by atoms with Crippen molar-refractivity contribution in [2.75, 3.05) is 36.5 Å². The highest BCUT2D eigenvalue weighted by Gasteiger charge is 2.16. The Morgan fingerprint density at radius 2 is 1.97 bits per heavy atom. The highest BCUT2D eigenvalue weighted by Crippen LogP contribution is 2.25. The van der Waals surface area contributed by atoms with Crippen LogP contribution in [0.4, 0.5) is 11.4 Å². The molecule has 1 aliphatic rings. The van der Waals surface area contributed by atoms with Crippen LogP contribution in [0.1, 0.15) is 32.3 Å². The van der Waals surface area contributed by atoms with Gasteiger partial charge in [-0.1, -0.05) is 22.7 Å². The van der Waals surface area contributed by atoms with Gasteiger partial charge in [-0.25, -0.2) is 9.97 Å². The highest BCUT2D eigenvalue weighted by atomic mass is 32.1. The van der Waals surface area contributed by atoms with Crippen molar-refractivity contribution in [3.63, 3.8) is 0 Å². The number of amides is 1. The number of anilines is 2. The summed E-state index contributed by atoms with van der Waals surface area (Å²) in [5.74, 6) is 0.353. The Balaban J connectivity index is 1.31. The maximum Gasteiger partial charge on any atom is 0.269 e. The molecule has 0 aliphatic carbocycles. The van der Waals surface area contributed by atoms with Gasteiger partial charge in [-0.3, -0.25) is 4.79 Å². The van der Waals surface area contributed by atoms with E-state index in [0.717, 1.165) is 49.0 Å². The molecule has 0 bridgehead atoms. The second-order valence-corrected chi connectivity index (χ2v) is 9.07. The third kappa shape index (κ3) is 5.22. The number of nitrogens with one attached hydrogen (secondary N) is 1. The SMILES string of the molecule is Cc1nnsc1C(=O)Nc1ccc(-c2ccnc(Cc3ccc(N4CCOCC4)cc3)n2)cc1C#N. The van der Waals surface area contributed by atoms with Crippen molar-refractivity contribution in [1.82, 2.24) is 19.6 Å². The largest absolute Gasteiger partial charge is 0.378 e. The van der Waals surface area contributed by atoms with Crippen LogP contribution >= 0.6 is 11.5 Å². The molecule has 0 saturated carbocycles. The standard InChI is InChI=1S/C26H23N7O2S/c1-17-25(36-32-31-17)26(34)30-22-7-4-19(15-20(22)16-27)23-8-9-28-24(29-23)14-18-2-5-21(6-3-18)33-10-12-35-13-11-33/h2-9,15H,10-14H2,1H3,(H,30,34). The highest BCUT2D eigenvalue weighted by molar-refractivity contribution is 7.08. The van der Waals surface area contributed by atoms with E-state index in [1.165, 1.54) is 5.69 Å². The lowest BCUT2D eigenvalue weighted by atomic mass is 10.1. The van der Waals surface area contributed by atoms with Crippen molar-refractivity contribution in [3.05, 3.63) is 82.3 Å². The Hall–Kier alpha value is -4.20. The summed E-state index contributed by atoms with van der Waals surface area (Å²) in [4.78, 5) is 24.4. The zero-order chi connectivity index (χ0) is 24.9. The maximum atomic E-state index is 12.5. The number of hydrogen-bond acceptors (Lipinski definition) is 9. The van der Waals surface area contributed by atoms with Gasteiger partial charge in [0.2, 0.25) is 0 Å². The molecule has 1 saturated heterocycles. The lowest BCUT2D eigenvalue weighted by Gasteiger charge is -2.28. The van der Waals surface area contributed by atoms with E-state index >= 15 is 0 Å². The minimum absolute atomic E-state index is 0.337. The number of aromatic nitrogens is 4. The van der Waals surface area contributed by atoms with E-state index in [1.807, 2.05) is 12.1 Å². The molecule has 0 radical (unpaired) electrons. The fraction of sp³-hybridized carbons (Fsp3) is 0.231. The lowest BCUT2D eigenvalue weighted by molar-refractivity contribution is 0.102. The van der Waals surface area contributed by atoms with Crippen LogP contribution in [0.15, 0.2) is 54.7 Å². The Bertz CT molecular complexity index is 1420. The van der Waals surface area contributed by atoms with E-state index in [1.54, 1.807) is 25.3 Å². The molecule has 180 valence electrons. The first-order valence-corrected chi connectivity index (χ1v) is 12.3. The van der Waals surface area contributed by atoms with Crippen LogP contribution in [0.5, 0.6) is 0 Å². The lowest BCUT2D eigenvalue weighted by Crippen LogP contribution is -2.36.